The van der Waals surface area contributed by atoms with Gasteiger partial charge in [0.05, 0.1) is 0 Å². The first-order valence-corrected chi connectivity index (χ1v) is 13.8. The molecule has 2 fully saturated rings. The van der Waals surface area contributed by atoms with Crippen molar-refractivity contribution in [2.24, 2.45) is 0 Å². The number of nitrogens with zero attached hydrogens (tertiary/aromatic N) is 1. The van der Waals surface area contributed by atoms with Crippen molar-refractivity contribution in [3.63, 3.8) is 0 Å². The summed E-state index contributed by atoms with van der Waals surface area (Å²) in [5.41, 5.74) is 3.37. The molecule has 0 spiro atoms. The number of carbonyl (C=O) groups is 1. The first-order valence-electron chi connectivity index (χ1n) is 11.4. The van der Waals surface area contributed by atoms with Crippen LogP contribution in [0.5, 0.6) is 11.5 Å². The van der Waals surface area contributed by atoms with Crippen molar-refractivity contribution in [2.75, 3.05) is 17.7 Å². The number of alkyl halides is 1. The number of para-hydroxylation sites is 1. The van der Waals surface area contributed by atoms with E-state index in [1.165, 1.54) is 24.0 Å². The normalized spacial score (nSPS) is 24.0. The van der Waals surface area contributed by atoms with Gasteiger partial charge in [0, 0.05) is 18.7 Å². The molecule has 5 nitrogen and oxygen atoms in total. The summed E-state index contributed by atoms with van der Waals surface area (Å²) >= 11 is -0.329. The van der Waals surface area contributed by atoms with E-state index in [9.17, 15) is 4.79 Å². The van der Waals surface area contributed by atoms with Crippen molar-refractivity contribution in [2.45, 2.75) is 57.0 Å². The zero-order chi connectivity index (χ0) is 21.2. The van der Waals surface area contributed by atoms with Gasteiger partial charge in [-0.3, -0.25) is 4.79 Å². The number of amides is 1. The third kappa shape index (κ3) is 4.55. The van der Waals surface area contributed by atoms with Crippen LogP contribution < -0.4 is 34.7 Å². The molecule has 6 heteroatoms. The second-order valence-electron chi connectivity index (χ2n) is 8.83. The molecule has 0 radical (unpaired) electrons. The van der Waals surface area contributed by atoms with Crippen molar-refractivity contribution >= 4 is 5.91 Å². The molecule has 2 aromatic rings. The van der Waals surface area contributed by atoms with E-state index in [-0.39, 0.29) is 33.6 Å². The number of halogens is 1. The predicted molar refractivity (Wildman–Crippen MR) is 116 cm³/mol. The summed E-state index contributed by atoms with van der Waals surface area (Å²) in [4.78, 5) is 14.6. The molecule has 166 valence electrons. The number of ether oxygens (including phenoxy) is 1. The standard InChI is InChI=1S/C25H30IN2O3/c1-17(22-5-4-6-23-24(22)30-16-26-31-23)27-21-12-11-20(15-21)18-7-9-19(10-8-18)25(29)28-13-2-3-14-28/h4-10,17,20-21,27H,2-3,11-16H2,1H3/q-1/t17-,20-,21+/m1/s1. The molecule has 5 rings (SSSR count). The van der Waals surface area contributed by atoms with E-state index in [0.29, 0.717) is 12.0 Å². The summed E-state index contributed by atoms with van der Waals surface area (Å²) in [6.07, 6.45) is 5.74. The number of carbonyl (C=O) groups excluding carboxylic acids is 1. The molecule has 0 aromatic heterocycles. The maximum absolute atomic E-state index is 12.6. The van der Waals surface area contributed by atoms with E-state index in [1.807, 2.05) is 23.1 Å². The fourth-order valence-electron chi connectivity index (χ4n) is 5.13. The molecule has 3 atom stereocenters. The number of benzene rings is 2. The van der Waals surface area contributed by atoms with Crippen LogP contribution in [0.1, 0.15) is 72.5 Å². The molecular formula is C25H30IN2O3-. The van der Waals surface area contributed by atoms with Crippen molar-refractivity contribution in [3.05, 3.63) is 59.2 Å². The average molecular weight is 533 g/mol. The van der Waals surface area contributed by atoms with E-state index in [4.69, 9.17) is 7.80 Å². The van der Waals surface area contributed by atoms with Crippen LogP contribution in [0.2, 0.25) is 0 Å². The van der Waals surface area contributed by atoms with Crippen LogP contribution in [0.25, 0.3) is 0 Å². The van der Waals surface area contributed by atoms with Gasteiger partial charge in [0.2, 0.25) is 0 Å². The topological polar surface area (TPSA) is 50.8 Å². The number of nitrogens with one attached hydrogen (secondary N) is 1. The molecule has 1 amide bonds. The van der Waals surface area contributed by atoms with Crippen molar-refractivity contribution in [1.82, 2.24) is 10.2 Å². The van der Waals surface area contributed by atoms with Crippen LogP contribution in [0.3, 0.4) is 0 Å². The van der Waals surface area contributed by atoms with Gasteiger partial charge in [0.1, 0.15) is 0 Å². The number of hydrogen-bond acceptors (Lipinski definition) is 4. The second kappa shape index (κ2) is 9.36. The molecule has 1 saturated heterocycles. The van der Waals surface area contributed by atoms with Crippen molar-refractivity contribution < 1.29 is 34.2 Å². The first-order chi connectivity index (χ1) is 15.2. The Labute approximate surface area is 195 Å². The molecule has 1 N–H and O–H groups in total. The molecule has 2 aliphatic heterocycles. The van der Waals surface area contributed by atoms with E-state index >= 15 is 0 Å². The van der Waals surface area contributed by atoms with Gasteiger partial charge in [-0.15, -0.1) is 0 Å². The molecular weight excluding hydrogens is 503 g/mol. The van der Waals surface area contributed by atoms with E-state index in [1.54, 1.807) is 0 Å². The Morgan fingerprint density at radius 3 is 2.74 bits per heavy atom. The second-order valence-corrected chi connectivity index (χ2v) is 10.5. The first kappa shape index (κ1) is 21.1. The quantitative estimate of drug-likeness (QED) is 0.470. The monoisotopic (exact) mass is 533 g/mol. The van der Waals surface area contributed by atoms with Crippen LogP contribution in [0.15, 0.2) is 42.5 Å². The Kier molecular flexibility index (Phi) is 6.36. The van der Waals surface area contributed by atoms with Gasteiger partial charge in [-0.1, -0.05) is 0 Å². The Morgan fingerprint density at radius 1 is 1.13 bits per heavy atom. The summed E-state index contributed by atoms with van der Waals surface area (Å²) in [6.45, 7) is 4.02. The Hall–Kier alpha value is -1.80. The third-order valence-corrected chi connectivity index (χ3v) is 8.15. The molecule has 2 heterocycles. The van der Waals surface area contributed by atoms with Gasteiger partial charge in [-0.2, -0.15) is 0 Å². The Balaban J connectivity index is 1.20. The Morgan fingerprint density at radius 2 is 1.94 bits per heavy atom. The van der Waals surface area contributed by atoms with E-state index in [2.05, 4.69) is 36.5 Å². The van der Waals surface area contributed by atoms with Crippen molar-refractivity contribution in [1.29, 1.82) is 0 Å². The van der Waals surface area contributed by atoms with Crippen LogP contribution in [0.4, 0.5) is 0 Å². The number of hydrogen-bond donors (Lipinski definition) is 1. The number of likely N-dealkylation sites (tertiary alicyclic amines) is 1. The molecule has 0 bridgehead atoms. The van der Waals surface area contributed by atoms with Gasteiger partial charge in [-0.05, 0) is 12.8 Å². The van der Waals surface area contributed by atoms with Gasteiger partial charge in [0.15, 0.2) is 0 Å². The summed E-state index contributed by atoms with van der Waals surface area (Å²) < 4.78 is 12.5. The van der Waals surface area contributed by atoms with Crippen LogP contribution in [-0.4, -0.2) is 34.6 Å². The average Bonchev–Trinajstić information content (AvgIpc) is 3.51. The number of fused-ring (bicyclic) bond motifs is 1. The predicted octanol–water partition coefficient (Wildman–Crippen LogP) is 1.64. The van der Waals surface area contributed by atoms with E-state index in [0.717, 1.165) is 54.0 Å². The van der Waals surface area contributed by atoms with E-state index < -0.39 is 0 Å². The van der Waals surface area contributed by atoms with Gasteiger partial charge in [0.25, 0.3) is 5.91 Å². The molecule has 1 aliphatic carbocycles. The SMILES string of the molecule is C[C@@H](N[C@H]1CC[C@@H](c2ccc(C(=O)N3CCCC3)cc2)C1)c1cccc2c1OC[I-]O2. The molecule has 1 saturated carbocycles. The fourth-order valence-corrected chi connectivity index (χ4v) is 6.37. The zero-order valence-electron chi connectivity index (χ0n) is 18.0. The molecule has 2 aromatic carbocycles. The zero-order valence-corrected chi connectivity index (χ0v) is 20.1. The van der Waals surface area contributed by atoms with Gasteiger partial charge < -0.3 is 4.90 Å². The third-order valence-electron chi connectivity index (χ3n) is 6.80. The summed E-state index contributed by atoms with van der Waals surface area (Å²) in [5.74, 6) is 2.55. The van der Waals surface area contributed by atoms with Crippen LogP contribution in [-0.2, 0) is 0 Å². The molecule has 31 heavy (non-hydrogen) atoms. The minimum atomic E-state index is -0.329. The van der Waals surface area contributed by atoms with Crippen LogP contribution >= 0.6 is 0 Å². The summed E-state index contributed by atoms with van der Waals surface area (Å²) in [7, 11) is 0. The minimum absolute atomic E-state index is 0.184. The fraction of sp³-hybridized carbons (Fsp3) is 0.480. The summed E-state index contributed by atoms with van der Waals surface area (Å²) in [6, 6.07) is 15.3. The molecule has 0 unspecified atom stereocenters. The van der Waals surface area contributed by atoms with Gasteiger partial charge in [-0.25, -0.2) is 0 Å². The van der Waals surface area contributed by atoms with Crippen LogP contribution in [0, 0.1) is 0 Å². The maximum atomic E-state index is 12.6. The Bertz CT molecular complexity index is 927. The number of rotatable bonds is 5. The molecule has 3 aliphatic rings. The van der Waals surface area contributed by atoms with Crippen molar-refractivity contribution in [3.8, 4) is 11.5 Å². The van der Waals surface area contributed by atoms with Gasteiger partial charge >= 0.3 is 149 Å². The summed E-state index contributed by atoms with van der Waals surface area (Å²) in [5, 5.41) is 3.82.